The third-order valence-corrected chi connectivity index (χ3v) is 1.72. The number of carboxylic acids is 1. The van der Waals surface area contributed by atoms with Crippen molar-refractivity contribution in [2.45, 2.75) is 6.92 Å². The number of hydrogen-bond donors (Lipinski definition) is 2. The molecule has 0 aliphatic heterocycles. The maximum Gasteiger partial charge on any atom is 0.335 e. The Morgan fingerprint density at radius 3 is 2.62 bits per heavy atom. The van der Waals surface area contributed by atoms with Gasteiger partial charge in [-0.1, -0.05) is 12.1 Å². The topological polar surface area (TPSA) is 75.7 Å². The van der Waals surface area contributed by atoms with Gasteiger partial charge in [-0.2, -0.15) is 5.10 Å². The van der Waals surface area contributed by atoms with Gasteiger partial charge in [-0.25, -0.2) is 4.79 Å². The predicted molar refractivity (Wildman–Crippen MR) is 49.8 cm³/mol. The van der Waals surface area contributed by atoms with Crippen LogP contribution in [0.2, 0.25) is 0 Å². The average molecular weight is 178 g/mol. The number of hydrazone groups is 1. The summed E-state index contributed by atoms with van der Waals surface area (Å²) in [4.78, 5) is 10.6. The summed E-state index contributed by atoms with van der Waals surface area (Å²) in [7, 11) is 0. The normalized spacial score (nSPS) is 11.3. The molecule has 0 radical (unpaired) electrons. The summed E-state index contributed by atoms with van der Waals surface area (Å²) in [5.74, 6) is 4.12. The summed E-state index contributed by atoms with van der Waals surface area (Å²) >= 11 is 0. The van der Waals surface area contributed by atoms with E-state index >= 15 is 0 Å². The third-order valence-electron chi connectivity index (χ3n) is 1.72. The molecule has 4 heteroatoms. The minimum absolute atomic E-state index is 0.237. The van der Waals surface area contributed by atoms with Gasteiger partial charge < -0.3 is 10.9 Å². The summed E-state index contributed by atoms with van der Waals surface area (Å²) in [6.07, 6.45) is 0. The van der Waals surface area contributed by atoms with Crippen molar-refractivity contribution in [1.29, 1.82) is 0 Å². The zero-order chi connectivity index (χ0) is 9.84. The predicted octanol–water partition coefficient (Wildman–Crippen LogP) is 1.07. The Hall–Kier alpha value is -1.84. The SMILES string of the molecule is C/C(=N\N)c1cccc(C(=O)O)c1. The van der Waals surface area contributed by atoms with Crippen LogP contribution in [0.4, 0.5) is 0 Å². The molecule has 0 unspecified atom stereocenters. The van der Waals surface area contributed by atoms with E-state index < -0.39 is 5.97 Å². The largest absolute Gasteiger partial charge is 0.478 e. The number of benzene rings is 1. The average Bonchev–Trinajstić information content (AvgIpc) is 2.17. The van der Waals surface area contributed by atoms with Crippen molar-refractivity contribution in [3.8, 4) is 0 Å². The lowest BCUT2D eigenvalue weighted by Gasteiger charge is -1.99. The third kappa shape index (κ3) is 2.05. The first-order valence-electron chi connectivity index (χ1n) is 3.73. The Morgan fingerprint density at radius 1 is 1.46 bits per heavy atom. The second-order valence-corrected chi connectivity index (χ2v) is 2.60. The van der Waals surface area contributed by atoms with Crippen LogP contribution in [0.5, 0.6) is 0 Å². The summed E-state index contributed by atoms with van der Waals surface area (Å²) < 4.78 is 0. The van der Waals surface area contributed by atoms with Gasteiger partial charge in [-0.15, -0.1) is 0 Å². The Bertz CT molecular complexity index is 358. The van der Waals surface area contributed by atoms with Gasteiger partial charge in [0.2, 0.25) is 0 Å². The molecule has 68 valence electrons. The van der Waals surface area contributed by atoms with Gasteiger partial charge in [0, 0.05) is 0 Å². The fourth-order valence-electron chi connectivity index (χ4n) is 0.952. The van der Waals surface area contributed by atoms with Gasteiger partial charge in [-0.3, -0.25) is 0 Å². The minimum Gasteiger partial charge on any atom is -0.478 e. The van der Waals surface area contributed by atoms with Crippen LogP contribution in [0.1, 0.15) is 22.8 Å². The number of carbonyl (C=O) groups is 1. The van der Waals surface area contributed by atoms with Crippen molar-refractivity contribution in [1.82, 2.24) is 0 Å². The Morgan fingerprint density at radius 2 is 2.08 bits per heavy atom. The molecule has 0 amide bonds. The maximum atomic E-state index is 10.6. The number of nitrogens with two attached hydrogens (primary N) is 1. The summed E-state index contributed by atoms with van der Waals surface area (Å²) in [6.45, 7) is 1.72. The van der Waals surface area contributed by atoms with Crippen molar-refractivity contribution in [2.75, 3.05) is 0 Å². The highest BCUT2D eigenvalue weighted by Crippen LogP contribution is 2.06. The van der Waals surface area contributed by atoms with Crippen molar-refractivity contribution in [2.24, 2.45) is 10.9 Å². The van der Waals surface area contributed by atoms with E-state index in [1.165, 1.54) is 12.1 Å². The number of hydrogen-bond acceptors (Lipinski definition) is 3. The van der Waals surface area contributed by atoms with E-state index in [0.717, 1.165) is 5.56 Å². The molecule has 0 spiro atoms. The number of carboxylic acid groups (broad SMARTS) is 1. The molecule has 0 aromatic heterocycles. The van der Waals surface area contributed by atoms with Crippen molar-refractivity contribution in [3.63, 3.8) is 0 Å². The fourth-order valence-corrected chi connectivity index (χ4v) is 0.952. The van der Waals surface area contributed by atoms with Gasteiger partial charge in [0.15, 0.2) is 0 Å². The number of nitrogens with zero attached hydrogens (tertiary/aromatic N) is 1. The molecule has 3 N–H and O–H groups in total. The Kier molecular flexibility index (Phi) is 2.64. The minimum atomic E-state index is -0.952. The van der Waals surface area contributed by atoms with Crippen LogP contribution in [0.25, 0.3) is 0 Å². The fraction of sp³-hybridized carbons (Fsp3) is 0.111. The first kappa shape index (κ1) is 9.25. The molecule has 1 rings (SSSR count). The molecule has 1 aromatic rings. The van der Waals surface area contributed by atoms with Gasteiger partial charge in [0.1, 0.15) is 0 Å². The second kappa shape index (κ2) is 3.71. The van der Waals surface area contributed by atoms with E-state index in [1.54, 1.807) is 19.1 Å². The number of rotatable bonds is 2. The van der Waals surface area contributed by atoms with E-state index in [-0.39, 0.29) is 5.56 Å². The molecule has 0 bridgehead atoms. The standard InChI is InChI=1S/C9H10N2O2/c1-6(11-10)7-3-2-4-8(5-7)9(12)13/h2-5H,10H2,1H3,(H,12,13)/b11-6+. The zero-order valence-electron chi connectivity index (χ0n) is 7.19. The Balaban J connectivity index is 3.13. The maximum absolute atomic E-state index is 10.6. The van der Waals surface area contributed by atoms with Crippen molar-refractivity contribution >= 4 is 11.7 Å². The van der Waals surface area contributed by atoms with Crippen LogP contribution < -0.4 is 5.84 Å². The smallest absolute Gasteiger partial charge is 0.335 e. The summed E-state index contributed by atoms with van der Waals surface area (Å²) in [6, 6.07) is 6.48. The van der Waals surface area contributed by atoms with Crippen molar-refractivity contribution in [3.05, 3.63) is 35.4 Å². The first-order chi connectivity index (χ1) is 6.15. The molecule has 0 saturated heterocycles. The van der Waals surface area contributed by atoms with E-state index in [1.807, 2.05) is 0 Å². The van der Waals surface area contributed by atoms with Crippen molar-refractivity contribution < 1.29 is 9.90 Å². The molecular weight excluding hydrogens is 168 g/mol. The highest BCUT2D eigenvalue weighted by Gasteiger charge is 2.04. The van der Waals surface area contributed by atoms with Gasteiger partial charge in [-0.05, 0) is 24.6 Å². The molecule has 13 heavy (non-hydrogen) atoms. The molecule has 1 aromatic carbocycles. The van der Waals surface area contributed by atoms with E-state index in [4.69, 9.17) is 10.9 Å². The first-order valence-corrected chi connectivity index (χ1v) is 3.73. The van der Waals surface area contributed by atoms with Crippen LogP contribution in [-0.2, 0) is 0 Å². The number of aromatic carboxylic acids is 1. The van der Waals surface area contributed by atoms with Crippen LogP contribution in [0, 0.1) is 0 Å². The van der Waals surface area contributed by atoms with E-state index in [0.29, 0.717) is 5.71 Å². The van der Waals surface area contributed by atoms with Gasteiger partial charge in [0.25, 0.3) is 0 Å². The molecule has 0 saturated carbocycles. The van der Waals surface area contributed by atoms with E-state index in [2.05, 4.69) is 5.10 Å². The molecular formula is C9H10N2O2. The van der Waals surface area contributed by atoms with Crippen LogP contribution >= 0.6 is 0 Å². The quantitative estimate of drug-likeness (QED) is 0.404. The lowest BCUT2D eigenvalue weighted by atomic mass is 10.1. The van der Waals surface area contributed by atoms with Crippen LogP contribution in [-0.4, -0.2) is 16.8 Å². The van der Waals surface area contributed by atoms with Gasteiger partial charge >= 0.3 is 5.97 Å². The molecule has 0 atom stereocenters. The lowest BCUT2D eigenvalue weighted by Crippen LogP contribution is -2.02. The van der Waals surface area contributed by atoms with E-state index in [9.17, 15) is 4.79 Å². The van der Waals surface area contributed by atoms with Crippen LogP contribution in [0.3, 0.4) is 0 Å². The molecule has 4 nitrogen and oxygen atoms in total. The highest BCUT2D eigenvalue weighted by molar-refractivity contribution is 6.00. The monoisotopic (exact) mass is 178 g/mol. The lowest BCUT2D eigenvalue weighted by molar-refractivity contribution is 0.0697. The van der Waals surface area contributed by atoms with Crippen LogP contribution in [0.15, 0.2) is 29.4 Å². The Labute approximate surface area is 75.7 Å². The molecule has 0 aliphatic rings. The highest BCUT2D eigenvalue weighted by atomic mass is 16.4. The second-order valence-electron chi connectivity index (χ2n) is 2.60. The molecule has 0 heterocycles. The molecule has 0 fully saturated rings. The summed E-state index contributed by atoms with van der Waals surface area (Å²) in [5, 5.41) is 12.2. The summed E-state index contributed by atoms with van der Waals surface area (Å²) in [5.41, 5.74) is 1.58. The molecule has 0 aliphatic carbocycles. The van der Waals surface area contributed by atoms with Gasteiger partial charge in [0.05, 0.1) is 11.3 Å². The zero-order valence-corrected chi connectivity index (χ0v) is 7.19.